The Labute approximate surface area is 211 Å². The van der Waals surface area contributed by atoms with E-state index in [1.807, 2.05) is 48.2 Å². The number of rotatable bonds is 8. The first-order chi connectivity index (χ1) is 17.0. The van der Waals surface area contributed by atoms with Crippen molar-refractivity contribution in [3.63, 3.8) is 0 Å². The summed E-state index contributed by atoms with van der Waals surface area (Å²) in [5.41, 5.74) is 5.27. The van der Waals surface area contributed by atoms with E-state index in [0.29, 0.717) is 19.6 Å². The average Bonchev–Trinajstić information content (AvgIpc) is 3.42. The highest BCUT2D eigenvalue weighted by atomic mass is 35.5. The van der Waals surface area contributed by atoms with Crippen LogP contribution in [-0.4, -0.2) is 28.6 Å². The van der Waals surface area contributed by atoms with Crippen LogP contribution in [-0.2, 0) is 11.3 Å². The van der Waals surface area contributed by atoms with Crippen molar-refractivity contribution in [2.45, 2.75) is 45.6 Å². The van der Waals surface area contributed by atoms with E-state index < -0.39 is 0 Å². The zero-order chi connectivity index (χ0) is 24.4. The third kappa shape index (κ3) is 5.06. The molecule has 180 valence electrons. The number of hydrogen-bond donors (Lipinski definition) is 0. The lowest BCUT2D eigenvalue weighted by Gasteiger charge is -2.18. The summed E-state index contributed by atoms with van der Waals surface area (Å²) in [6.45, 7) is 6.18. The first-order valence-corrected chi connectivity index (χ1v) is 12.6. The van der Waals surface area contributed by atoms with Gasteiger partial charge in [-0.25, -0.2) is 4.98 Å². The largest absolute Gasteiger partial charge is 0.494 e. The van der Waals surface area contributed by atoms with E-state index in [1.54, 1.807) is 0 Å². The first kappa shape index (κ1) is 23.4. The molecule has 0 bridgehead atoms. The van der Waals surface area contributed by atoms with Crippen LogP contribution in [0.5, 0.6) is 5.75 Å². The van der Waals surface area contributed by atoms with Crippen molar-refractivity contribution >= 4 is 34.2 Å². The molecule has 1 aliphatic rings. The second-order valence-corrected chi connectivity index (χ2v) is 9.73. The molecular weight excluding hydrogens is 458 g/mol. The Morgan fingerprint density at radius 2 is 1.83 bits per heavy atom. The van der Waals surface area contributed by atoms with Crippen LogP contribution in [0.15, 0.2) is 66.7 Å². The highest BCUT2D eigenvalue weighted by Crippen LogP contribution is 2.33. The summed E-state index contributed by atoms with van der Waals surface area (Å²) in [6.07, 6.45) is 2.37. The lowest BCUT2D eigenvalue weighted by Crippen LogP contribution is -2.24. The molecule has 0 N–H and O–H groups in total. The number of amides is 1. The predicted molar refractivity (Wildman–Crippen MR) is 142 cm³/mol. The monoisotopic (exact) mass is 487 g/mol. The Morgan fingerprint density at radius 3 is 2.63 bits per heavy atom. The van der Waals surface area contributed by atoms with Gasteiger partial charge in [0.15, 0.2) is 0 Å². The predicted octanol–water partition coefficient (Wildman–Crippen LogP) is 6.69. The molecular formula is C29H30ClN3O2. The number of halogens is 1. The molecule has 1 saturated heterocycles. The fourth-order valence-electron chi connectivity index (χ4n) is 4.76. The van der Waals surface area contributed by atoms with Crippen LogP contribution < -0.4 is 9.64 Å². The van der Waals surface area contributed by atoms with Crippen LogP contribution in [0.1, 0.15) is 42.1 Å². The maximum absolute atomic E-state index is 12.9. The Hall–Kier alpha value is -3.31. The standard InChI is InChI=1S/C29H30ClN3O2/c1-20-9-11-23(12-10-20)33-19-22(18-28(33)34)29-31-26-7-3-4-8-27(26)32(29)15-5-6-16-35-24-13-14-25(30)21(2)17-24/h3-4,7-14,17,22H,5-6,15-16,18-19H2,1-2H3. The molecule has 1 fully saturated rings. The molecule has 0 spiro atoms. The van der Waals surface area contributed by atoms with Crippen molar-refractivity contribution in [2.75, 3.05) is 18.1 Å². The first-order valence-electron chi connectivity index (χ1n) is 12.2. The SMILES string of the molecule is Cc1ccc(N2CC(c3nc4ccccc4n3CCCCOc3ccc(Cl)c(C)c3)CC2=O)cc1. The van der Waals surface area contributed by atoms with E-state index in [2.05, 4.69) is 41.8 Å². The number of para-hydroxylation sites is 2. The maximum Gasteiger partial charge on any atom is 0.227 e. The van der Waals surface area contributed by atoms with E-state index in [1.165, 1.54) is 5.56 Å². The number of carbonyl (C=O) groups excluding carboxylic acids is 1. The van der Waals surface area contributed by atoms with Crippen LogP contribution in [0.2, 0.25) is 5.02 Å². The number of unbranched alkanes of at least 4 members (excludes halogenated alkanes) is 1. The Balaban J connectivity index is 1.28. The van der Waals surface area contributed by atoms with Gasteiger partial charge in [-0.1, -0.05) is 41.4 Å². The zero-order valence-electron chi connectivity index (χ0n) is 20.2. The number of aromatic nitrogens is 2. The lowest BCUT2D eigenvalue weighted by atomic mass is 10.1. The molecule has 5 nitrogen and oxygen atoms in total. The highest BCUT2D eigenvalue weighted by Gasteiger charge is 2.34. The molecule has 2 heterocycles. The van der Waals surface area contributed by atoms with Crippen LogP contribution in [0.4, 0.5) is 5.69 Å². The minimum absolute atomic E-state index is 0.0736. The number of hydrogen-bond acceptors (Lipinski definition) is 3. The lowest BCUT2D eigenvalue weighted by molar-refractivity contribution is -0.117. The van der Waals surface area contributed by atoms with Crippen LogP contribution >= 0.6 is 11.6 Å². The van der Waals surface area contributed by atoms with Gasteiger partial charge in [-0.2, -0.15) is 0 Å². The van der Waals surface area contributed by atoms with Gasteiger partial charge in [0.05, 0.1) is 17.6 Å². The average molecular weight is 488 g/mol. The summed E-state index contributed by atoms with van der Waals surface area (Å²) in [4.78, 5) is 19.8. The third-order valence-corrected chi connectivity index (χ3v) is 7.12. The Morgan fingerprint density at radius 1 is 1.03 bits per heavy atom. The quantitative estimate of drug-likeness (QED) is 0.260. The molecule has 1 aliphatic heterocycles. The second kappa shape index (κ2) is 10.1. The smallest absolute Gasteiger partial charge is 0.227 e. The van der Waals surface area contributed by atoms with Gasteiger partial charge in [-0.15, -0.1) is 0 Å². The van der Waals surface area contributed by atoms with Gasteiger partial charge in [-0.3, -0.25) is 4.79 Å². The zero-order valence-corrected chi connectivity index (χ0v) is 21.0. The van der Waals surface area contributed by atoms with Gasteiger partial charge >= 0.3 is 0 Å². The molecule has 35 heavy (non-hydrogen) atoms. The number of fused-ring (bicyclic) bond motifs is 1. The molecule has 1 unspecified atom stereocenters. The number of ether oxygens (including phenoxy) is 1. The van der Waals surface area contributed by atoms with Crippen LogP contribution in [0.25, 0.3) is 11.0 Å². The third-order valence-electron chi connectivity index (χ3n) is 6.69. The molecule has 6 heteroatoms. The number of aryl methyl sites for hydroxylation is 3. The van der Waals surface area contributed by atoms with Crippen molar-refractivity contribution in [3.05, 3.63) is 88.7 Å². The van der Waals surface area contributed by atoms with Crippen molar-refractivity contribution in [2.24, 2.45) is 0 Å². The summed E-state index contributed by atoms with van der Waals surface area (Å²) in [5.74, 6) is 2.08. The molecule has 1 amide bonds. The molecule has 0 saturated carbocycles. The van der Waals surface area contributed by atoms with Gasteiger partial charge in [0.25, 0.3) is 0 Å². The van der Waals surface area contributed by atoms with Gasteiger partial charge in [0.2, 0.25) is 5.91 Å². The van der Waals surface area contributed by atoms with Crippen LogP contribution in [0.3, 0.4) is 0 Å². The number of benzene rings is 3. The summed E-state index contributed by atoms with van der Waals surface area (Å²) in [6, 6.07) is 22.2. The maximum atomic E-state index is 12.9. The minimum atomic E-state index is 0.0736. The van der Waals surface area contributed by atoms with Crippen molar-refractivity contribution in [1.29, 1.82) is 0 Å². The molecule has 0 radical (unpaired) electrons. The number of imidazole rings is 1. The fraction of sp³-hybridized carbons (Fsp3) is 0.310. The summed E-state index contributed by atoms with van der Waals surface area (Å²) in [7, 11) is 0. The van der Waals surface area contributed by atoms with E-state index in [9.17, 15) is 4.79 Å². The van der Waals surface area contributed by atoms with Gasteiger partial charge in [0, 0.05) is 36.1 Å². The van der Waals surface area contributed by atoms with Crippen molar-refractivity contribution < 1.29 is 9.53 Å². The normalized spacial score (nSPS) is 15.8. The second-order valence-electron chi connectivity index (χ2n) is 9.32. The van der Waals surface area contributed by atoms with Crippen molar-refractivity contribution in [3.8, 4) is 5.75 Å². The summed E-state index contributed by atoms with van der Waals surface area (Å²) in [5, 5.41) is 0.753. The summed E-state index contributed by atoms with van der Waals surface area (Å²) < 4.78 is 8.23. The fourth-order valence-corrected chi connectivity index (χ4v) is 4.88. The van der Waals surface area contributed by atoms with Gasteiger partial charge < -0.3 is 14.2 Å². The molecule has 1 aromatic heterocycles. The highest BCUT2D eigenvalue weighted by molar-refractivity contribution is 6.31. The van der Waals surface area contributed by atoms with Crippen molar-refractivity contribution in [1.82, 2.24) is 9.55 Å². The molecule has 0 aliphatic carbocycles. The Kier molecular flexibility index (Phi) is 6.78. The van der Waals surface area contributed by atoms with E-state index >= 15 is 0 Å². The molecule has 4 aromatic rings. The minimum Gasteiger partial charge on any atom is -0.494 e. The topological polar surface area (TPSA) is 47.4 Å². The van der Waals surface area contributed by atoms with E-state index in [-0.39, 0.29) is 11.8 Å². The molecule has 5 rings (SSSR count). The van der Waals surface area contributed by atoms with E-state index in [0.717, 1.165) is 58.3 Å². The number of nitrogens with zero attached hydrogens (tertiary/aromatic N) is 3. The summed E-state index contributed by atoms with van der Waals surface area (Å²) >= 11 is 6.11. The number of anilines is 1. The van der Waals surface area contributed by atoms with E-state index in [4.69, 9.17) is 21.3 Å². The van der Waals surface area contributed by atoms with Crippen LogP contribution in [0, 0.1) is 13.8 Å². The number of carbonyl (C=O) groups is 1. The van der Waals surface area contributed by atoms with Gasteiger partial charge in [-0.05, 0) is 74.7 Å². The van der Waals surface area contributed by atoms with Gasteiger partial charge in [0.1, 0.15) is 11.6 Å². The molecule has 1 atom stereocenters. The molecule has 3 aromatic carbocycles. The Bertz CT molecular complexity index is 1350.